The molecule has 0 aliphatic carbocycles. The molecule has 6 nitrogen and oxygen atoms in total. The third-order valence-electron chi connectivity index (χ3n) is 5.11. The molecule has 4 rings (SSSR count). The molecule has 1 heterocycles. The molecule has 3 aromatic carbocycles. The predicted octanol–water partition coefficient (Wildman–Crippen LogP) is 3.48. The summed E-state index contributed by atoms with van der Waals surface area (Å²) in [6.07, 6.45) is 0.0772. The van der Waals surface area contributed by atoms with Gasteiger partial charge in [-0.3, -0.25) is 4.79 Å². The zero-order valence-electron chi connectivity index (χ0n) is 17.0. The SMILES string of the molecule is NC(Cn1nc(Cc2ccccc2Cl)c(=O)n(-c2ccccc2F)c1=O)c1ccccc1. The van der Waals surface area contributed by atoms with Gasteiger partial charge < -0.3 is 5.73 Å². The van der Waals surface area contributed by atoms with Gasteiger partial charge in [-0.05, 0) is 29.3 Å². The number of nitrogens with zero attached hydrogens (tertiary/aromatic N) is 3. The Morgan fingerprint density at radius 1 is 0.938 bits per heavy atom. The smallest absolute Gasteiger partial charge is 0.322 e. The van der Waals surface area contributed by atoms with E-state index in [0.29, 0.717) is 10.6 Å². The number of benzene rings is 3. The van der Waals surface area contributed by atoms with E-state index < -0.39 is 23.1 Å². The highest BCUT2D eigenvalue weighted by atomic mass is 35.5. The van der Waals surface area contributed by atoms with Gasteiger partial charge in [0.15, 0.2) is 0 Å². The Bertz CT molecular complexity index is 1370. The fourth-order valence-electron chi connectivity index (χ4n) is 3.45. The maximum absolute atomic E-state index is 14.5. The molecule has 0 radical (unpaired) electrons. The fourth-order valence-corrected chi connectivity index (χ4v) is 3.65. The first-order valence-electron chi connectivity index (χ1n) is 9.97. The summed E-state index contributed by atoms with van der Waals surface area (Å²) in [5.41, 5.74) is 6.20. The van der Waals surface area contributed by atoms with Crippen molar-refractivity contribution in [3.63, 3.8) is 0 Å². The first kappa shape index (κ1) is 21.7. The van der Waals surface area contributed by atoms with Gasteiger partial charge in [-0.25, -0.2) is 18.4 Å². The molecule has 0 spiro atoms. The lowest BCUT2D eigenvalue weighted by Gasteiger charge is -2.16. The number of hydrogen-bond acceptors (Lipinski definition) is 4. The molecular formula is C24H20ClFN4O2. The van der Waals surface area contributed by atoms with E-state index in [1.165, 1.54) is 18.2 Å². The molecule has 0 aliphatic rings. The van der Waals surface area contributed by atoms with E-state index in [9.17, 15) is 14.0 Å². The second-order valence-electron chi connectivity index (χ2n) is 7.29. The molecule has 4 aromatic rings. The molecule has 0 amide bonds. The van der Waals surface area contributed by atoms with Gasteiger partial charge in [-0.1, -0.05) is 72.3 Å². The van der Waals surface area contributed by atoms with Gasteiger partial charge in [0.2, 0.25) is 0 Å². The quantitative estimate of drug-likeness (QED) is 0.487. The van der Waals surface area contributed by atoms with Gasteiger partial charge in [0.1, 0.15) is 11.5 Å². The summed E-state index contributed by atoms with van der Waals surface area (Å²) in [4.78, 5) is 26.4. The van der Waals surface area contributed by atoms with Gasteiger partial charge in [-0.2, -0.15) is 5.10 Å². The lowest BCUT2D eigenvalue weighted by atomic mass is 10.1. The van der Waals surface area contributed by atoms with Crippen LogP contribution in [0.3, 0.4) is 0 Å². The van der Waals surface area contributed by atoms with Crippen LogP contribution in [0.15, 0.2) is 88.5 Å². The van der Waals surface area contributed by atoms with Gasteiger partial charge in [-0.15, -0.1) is 0 Å². The zero-order valence-corrected chi connectivity index (χ0v) is 17.7. The van der Waals surface area contributed by atoms with Crippen LogP contribution in [0.4, 0.5) is 4.39 Å². The third-order valence-corrected chi connectivity index (χ3v) is 5.48. The first-order valence-corrected chi connectivity index (χ1v) is 10.4. The molecule has 32 heavy (non-hydrogen) atoms. The molecule has 1 atom stereocenters. The Morgan fingerprint density at radius 3 is 2.31 bits per heavy atom. The van der Waals surface area contributed by atoms with Crippen molar-refractivity contribution in [1.82, 2.24) is 14.3 Å². The van der Waals surface area contributed by atoms with Crippen molar-refractivity contribution in [3.8, 4) is 5.69 Å². The van der Waals surface area contributed by atoms with E-state index in [2.05, 4.69) is 5.10 Å². The standard InChI is InChI=1S/C24H20ClFN4O2/c25-18-11-5-4-10-17(18)14-21-23(31)30(22-13-7-6-12-19(22)26)24(32)29(28-21)15-20(27)16-8-2-1-3-9-16/h1-13,20H,14-15,27H2. The van der Waals surface area contributed by atoms with E-state index in [4.69, 9.17) is 17.3 Å². The summed E-state index contributed by atoms with van der Waals surface area (Å²) in [7, 11) is 0. The van der Waals surface area contributed by atoms with Crippen LogP contribution in [-0.4, -0.2) is 14.3 Å². The van der Waals surface area contributed by atoms with E-state index in [-0.39, 0.29) is 24.3 Å². The second kappa shape index (κ2) is 9.30. The van der Waals surface area contributed by atoms with Crippen LogP contribution in [-0.2, 0) is 13.0 Å². The van der Waals surface area contributed by atoms with Crippen LogP contribution in [0.25, 0.3) is 5.69 Å². The third kappa shape index (κ3) is 4.39. The van der Waals surface area contributed by atoms with E-state index >= 15 is 0 Å². The lowest BCUT2D eigenvalue weighted by molar-refractivity contribution is 0.467. The Labute approximate surface area is 188 Å². The Balaban J connectivity index is 1.87. The van der Waals surface area contributed by atoms with Crippen molar-refractivity contribution < 1.29 is 4.39 Å². The van der Waals surface area contributed by atoms with Crippen LogP contribution in [0.5, 0.6) is 0 Å². The zero-order chi connectivity index (χ0) is 22.7. The first-order chi connectivity index (χ1) is 15.5. The number of hydrogen-bond donors (Lipinski definition) is 1. The Morgan fingerprint density at radius 2 is 1.59 bits per heavy atom. The second-order valence-corrected chi connectivity index (χ2v) is 7.70. The maximum atomic E-state index is 14.5. The minimum atomic E-state index is -0.769. The number of nitrogens with two attached hydrogens (primary N) is 1. The summed E-state index contributed by atoms with van der Waals surface area (Å²) < 4.78 is 16.4. The average Bonchev–Trinajstić information content (AvgIpc) is 2.80. The van der Waals surface area contributed by atoms with Crippen LogP contribution < -0.4 is 17.0 Å². The lowest BCUT2D eigenvalue weighted by Crippen LogP contribution is -2.44. The average molecular weight is 451 g/mol. The number of para-hydroxylation sites is 1. The molecule has 8 heteroatoms. The van der Waals surface area contributed by atoms with Crippen LogP contribution >= 0.6 is 11.6 Å². The van der Waals surface area contributed by atoms with Crippen molar-refractivity contribution >= 4 is 11.6 Å². The highest BCUT2D eigenvalue weighted by Gasteiger charge is 2.19. The van der Waals surface area contributed by atoms with Crippen LogP contribution in [0.1, 0.15) is 22.9 Å². The van der Waals surface area contributed by atoms with Gasteiger partial charge in [0.25, 0.3) is 5.56 Å². The Hall–Kier alpha value is -3.55. The van der Waals surface area contributed by atoms with Crippen molar-refractivity contribution in [2.75, 3.05) is 0 Å². The summed E-state index contributed by atoms with van der Waals surface area (Å²) in [5, 5.41) is 4.76. The van der Waals surface area contributed by atoms with E-state index in [0.717, 1.165) is 14.8 Å². The molecule has 162 valence electrons. The van der Waals surface area contributed by atoms with Crippen molar-refractivity contribution in [2.45, 2.75) is 19.0 Å². The molecule has 2 N–H and O–H groups in total. The molecule has 0 bridgehead atoms. The molecule has 1 aromatic heterocycles. The highest BCUT2D eigenvalue weighted by Crippen LogP contribution is 2.17. The molecular weight excluding hydrogens is 431 g/mol. The van der Waals surface area contributed by atoms with Crippen LogP contribution in [0.2, 0.25) is 5.02 Å². The largest absolute Gasteiger partial charge is 0.352 e. The van der Waals surface area contributed by atoms with E-state index in [1.807, 2.05) is 30.3 Å². The maximum Gasteiger partial charge on any atom is 0.352 e. The van der Waals surface area contributed by atoms with Gasteiger partial charge in [0.05, 0.1) is 12.2 Å². The molecule has 0 saturated carbocycles. The van der Waals surface area contributed by atoms with Crippen molar-refractivity contribution in [3.05, 3.63) is 127 Å². The van der Waals surface area contributed by atoms with Crippen molar-refractivity contribution in [1.29, 1.82) is 0 Å². The van der Waals surface area contributed by atoms with Crippen LogP contribution in [0, 0.1) is 5.82 Å². The molecule has 1 unspecified atom stereocenters. The molecule has 0 saturated heterocycles. The number of aromatic nitrogens is 3. The minimum Gasteiger partial charge on any atom is -0.322 e. The molecule has 0 aliphatic heterocycles. The Kier molecular flexibility index (Phi) is 6.30. The predicted molar refractivity (Wildman–Crippen MR) is 122 cm³/mol. The summed E-state index contributed by atoms with van der Waals surface area (Å²) >= 11 is 6.26. The number of rotatable bonds is 6. The fraction of sp³-hybridized carbons (Fsp3) is 0.125. The normalized spacial score (nSPS) is 12.0. The summed E-state index contributed by atoms with van der Waals surface area (Å²) in [6.45, 7) is 0.00704. The summed E-state index contributed by atoms with van der Waals surface area (Å²) in [5.74, 6) is -0.694. The monoisotopic (exact) mass is 450 g/mol. The highest BCUT2D eigenvalue weighted by molar-refractivity contribution is 6.31. The van der Waals surface area contributed by atoms with Gasteiger partial charge >= 0.3 is 5.69 Å². The van der Waals surface area contributed by atoms with Crippen molar-refractivity contribution in [2.24, 2.45) is 5.73 Å². The van der Waals surface area contributed by atoms with E-state index in [1.54, 1.807) is 30.3 Å². The minimum absolute atomic E-state index is 0.00704. The van der Waals surface area contributed by atoms with Gasteiger partial charge in [0, 0.05) is 17.5 Å². The molecule has 0 fully saturated rings. The topological polar surface area (TPSA) is 82.9 Å². The number of halogens is 2. The summed E-state index contributed by atoms with van der Waals surface area (Å²) in [6, 6.07) is 21.3.